The Labute approximate surface area is 89.0 Å². The van der Waals surface area contributed by atoms with Gasteiger partial charge in [-0.3, -0.25) is 0 Å². The lowest BCUT2D eigenvalue weighted by atomic mass is 10.0. The molecule has 2 rings (SSSR count). The number of aliphatic hydroxyl groups excluding tert-OH is 1. The molecule has 0 bridgehead atoms. The fraction of sp³-hybridized carbons (Fsp3) is 0.333. The second-order valence-corrected chi connectivity index (χ2v) is 4.06. The minimum atomic E-state index is 0.109. The molecule has 1 aliphatic carbocycles. The number of rotatable bonds is 3. The highest BCUT2D eigenvalue weighted by molar-refractivity contribution is 6.30. The number of halogens is 1. The third-order valence-corrected chi connectivity index (χ3v) is 2.72. The molecule has 0 amide bonds. The van der Waals surface area contributed by atoms with Gasteiger partial charge in [0.25, 0.3) is 0 Å². The zero-order chi connectivity index (χ0) is 9.97. The first-order valence-corrected chi connectivity index (χ1v) is 5.26. The topological polar surface area (TPSA) is 20.2 Å². The van der Waals surface area contributed by atoms with Crippen LogP contribution in [0.2, 0.25) is 5.02 Å². The lowest BCUT2D eigenvalue weighted by molar-refractivity contribution is 0.343. The van der Waals surface area contributed by atoms with Gasteiger partial charge in [-0.1, -0.05) is 29.8 Å². The van der Waals surface area contributed by atoms with Gasteiger partial charge in [-0.15, -0.1) is 0 Å². The van der Waals surface area contributed by atoms with Crippen molar-refractivity contribution in [3.05, 3.63) is 40.9 Å². The summed E-state index contributed by atoms with van der Waals surface area (Å²) in [5.74, 6) is 0.639. The van der Waals surface area contributed by atoms with Crippen LogP contribution in [0.4, 0.5) is 0 Å². The van der Waals surface area contributed by atoms with Crippen LogP contribution in [0, 0.1) is 5.92 Å². The van der Waals surface area contributed by atoms with Crippen LogP contribution >= 0.6 is 11.6 Å². The van der Waals surface area contributed by atoms with E-state index in [1.54, 1.807) is 0 Å². The molecular formula is C12H13ClO. The Hall–Kier alpha value is -0.790. The highest BCUT2D eigenvalue weighted by Crippen LogP contribution is 2.42. The van der Waals surface area contributed by atoms with E-state index in [1.165, 1.54) is 18.4 Å². The minimum absolute atomic E-state index is 0.109. The molecule has 1 aliphatic rings. The summed E-state index contributed by atoms with van der Waals surface area (Å²) in [5.41, 5.74) is 2.39. The predicted octanol–water partition coefficient (Wildman–Crippen LogP) is 3.13. The van der Waals surface area contributed by atoms with Gasteiger partial charge < -0.3 is 5.11 Å². The van der Waals surface area contributed by atoms with Crippen LogP contribution in [0.15, 0.2) is 30.3 Å². The van der Waals surface area contributed by atoms with E-state index in [0.717, 1.165) is 10.6 Å². The van der Waals surface area contributed by atoms with Crippen molar-refractivity contribution in [1.82, 2.24) is 0 Å². The first-order valence-electron chi connectivity index (χ1n) is 4.88. The van der Waals surface area contributed by atoms with Crippen LogP contribution in [-0.4, -0.2) is 11.7 Å². The second-order valence-electron chi connectivity index (χ2n) is 3.63. The van der Waals surface area contributed by atoms with E-state index in [9.17, 15) is 0 Å². The molecule has 0 saturated heterocycles. The maximum absolute atomic E-state index is 8.93. The van der Waals surface area contributed by atoms with Crippen LogP contribution in [0.25, 0.3) is 5.57 Å². The molecule has 0 heterocycles. The molecule has 1 N–H and O–H groups in total. The number of allylic oxidation sites excluding steroid dienone is 1. The average Bonchev–Trinajstić information content (AvgIpc) is 2.97. The maximum Gasteiger partial charge on any atom is 0.0618 e. The van der Waals surface area contributed by atoms with Gasteiger partial charge in [0.1, 0.15) is 0 Å². The third-order valence-electron chi connectivity index (χ3n) is 2.49. The molecule has 74 valence electrons. The summed E-state index contributed by atoms with van der Waals surface area (Å²) < 4.78 is 0. The van der Waals surface area contributed by atoms with E-state index in [1.807, 2.05) is 30.3 Å². The SMILES string of the molecule is OC/C=C(\c1cccc(Cl)c1)C1CC1. The Balaban J connectivity index is 2.30. The van der Waals surface area contributed by atoms with Crippen molar-refractivity contribution in [2.45, 2.75) is 12.8 Å². The molecule has 1 fully saturated rings. The molecule has 0 unspecified atom stereocenters. The normalized spacial score (nSPS) is 17.1. The summed E-state index contributed by atoms with van der Waals surface area (Å²) in [4.78, 5) is 0. The third kappa shape index (κ3) is 2.17. The van der Waals surface area contributed by atoms with Gasteiger partial charge in [-0.05, 0) is 42.0 Å². The molecule has 2 heteroatoms. The van der Waals surface area contributed by atoms with Crippen molar-refractivity contribution in [2.75, 3.05) is 6.61 Å². The largest absolute Gasteiger partial charge is 0.392 e. The number of benzene rings is 1. The van der Waals surface area contributed by atoms with E-state index in [0.29, 0.717) is 5.92 Å². The zero-order valence-electron chi connectivity index (χ0n) is 7.91. The highest BCUT2D eigenvalue weighted by Gasteiger charge is 2.26. The second kappa shape index (κ2) is 4.16. The lowest BCUT2D eigenvalue weighted by Gasteiger charge is -2.06. The summed E-state index contributed by atoms with van der Waals surface area (Å²) in [5, 5.41) is 9.69. The van der Waals surface area contributed by atoms with Crippen molar-refractivity contribution in [3.8, 4) is 0 Å². The number of hydrogen-bond donors (Lipinski definition) is 1. The quantitative estimate of drug-likeness (QED) is 0.809. The van der Waals surface area contributed by atoms with Crippen molar-refractivity contribution in [2.24, 2.45) is 5.92 Å². The predicted molar refractivity (Wildman–Crippen MR) is 59.2 cm³/mol. The van der Waals surface area contributed by atoms with Gasteiger partial charge in [0.15, 0.2) is 0 Å². The number of hydrogen-bond acceptors (Lipinski definition) is 1. The summed E-state index contributed by atoms with van der Waals surface area (Å²) in [7, 11) is 0. The Morgan fingerprint density at radius 2 is 2.29 bits per heavy atom. The fourth-order valence-corrected chi connectivity index (χ4v) is 1.87. The van der Waals surface area contributed by atoms with Crippen LogP contribution in [0.1, 0.15) is 18.4 Å². The standard InChI is InChI=1S/C12H13ClO/c13-11-3-1-2-10(8-11)12(6-7-14)9-4-5-9/h1-3,6,8-9,14H,4-5,7H2/b12-6-. The van der Waals surface area contributed by atoms with Gasteiger partial charge in [-0.2, -0.15) is 0 Å². The minimum Gasteiger partial charge on any atom is -0.392 e. The molecule has 0 atom stereocenters. The summed E-state index contributed by atoms with van der Waals surface area (Å²) in [6, 6.07) is 7.83. The molecule has 1 aromatic carbocycles. The van der Waals surface area contributed by atoms with Gasteiger partial charge in [0, 0.05) is 5.02 Å². The average molecular weight is 209 g/mol. The van der Waals surface area contributed by atoms with E-state index >= 15 is 0 Å². The van der Waals surface area contributed by atoms with Crippen LogP contribution in [0.5, 0.6) is 0 Å². The van der Waals surface area contributed by atoms with Crippen molar-refractivity contribution in [3.63, 3.8) is 0 Å². The molecule has 0 radical (unpaired) electrons. The molecule has 1 aromatic rings. The molecule has 1 nitrogen and oxygen atoms in total. The van der Waals surface area contributed by atoms with E-state index in [2.05, 4.69) is 0 Å². The summed E-state index contributed by atoms with van der Waals surface area (Å²) in [6.45, 7) is 0.109. The smallest absolute Gasteiger partial charge is 0.0618 e. The summed E-state index contributed by atoms with van der Waals surface area (Å²) in [6.07, 6.45) is 4.36. The van der Waals surface area contributed by atoms with Gasteiger partial charge in [0.2, 0.25) is 0 Å². The van der Waals surface area contributed by atoms with E-state index < -0.39 is 0 Å². The molecule has 0 aromatic heterocycles. The van der Waals surface area contributed by atoms with E-state index in [4.69, 9.17) is 16.7 Å². The van der Waals surface area contributed by atoms with Gasteiger partial charge >= 0.3 is 0 Å². The monoisotopic (exact) mass is 208 g/mol. The Bertz CT molecular complexity index is 353. The van der Waals surface area contributed by atoms with Crippen LogP contribution in [0.3, 0.4) is 0 Å². The zero-order valence-corrected chi connectivity index (χ0v) is 8.67. The van der Waals surface area contributed by atoms with Crippen molar-refractivity contribution < 1.29 is 5.11 Å². The lowest BCUT2D eigenvalue weighted by Crippen LogP contribution is -1.89. The molecule has 14 heavy (non-hydrogen) atoms. The molecule has 1 saturated carbocycles. The molecule has 0 spiro atoms. The van der Waals surface area contributed by atoms with E-state index in [-0.39, 0.29) is 6.61 Å². The van der Waals surface area contributed by atoms with Gasteiger partial charge in [-0.25, -0.2) is 0 Å². The molecule has 0 aliphatic heterocycles. The Morgan fingerprint density at radius 1 is 1.50 bits per heavy atom. The van der Waals surface area contributed by atoms with Crippen molar-refractivity contribution >= 4 is 17.2 Å². The van der Waals surface area contributed by atoms with Crippen LogP contribution < -0.4 is 0 Å². The Kier molecular flexibility index (Phi) is 2.90. The highest BCUT2D eigenvalue weighted by atomic mass is 35.5. The Morgan fingerprint density at radius 3 is 2.86 bits per heavy atom. The van der Waals surface area contributed by atoms with Crippen molar-refractivity contribution in [1.29, 1.82) is 0 Å². The van der Waals surface area contributed by atoms with Crippen LogP contribution in [-0.2, 0) is 0 Å². The number of aliphatic hydroxyl groups is 1. The first-order chi connectivity index (χ1) is 6.81. The van der Waals surface area contributed by atoms with Gasteiger partial charge in [0.05, 0.1) is 6.61 Å². The molecular weight excluding hydrogens is 196 g/mol. The first kappa shape index (κ1) is 9.75. The summed E-state index contributed by atoms with van der Waals surface area (Å²) >= 11 is 5.92. The fourth-order valence-electron chi connectivity index (χ4n) is 1.68. The maximum atomic E-state index is 8.93.